The number of aryl methyl sites for hydroxylation is 2. The van der Waals surface area contributed by atoms with Crippen LogP contribution in [-0.2, 0) is 17.6 Å². The topological polar surface area (TPSA) is 48.1 Å². The van der Waals surface area contributed by atoms with Crippen LogP contribution in [0.1, 0.15) is 42.1 Å². The summed E-state index contributed by atoms with van der Waals surface area (Å²) in [4.78, 5) is 18.6. The molecule has 4 heteroatoms. The number of benzene rings is 2. The van der Waals surface area contributed by atoms with Crippen molar-refractivity contribution in [2.45, 2.75) is 32.6 Å². The van der Waals surface area contributed by atoms with Gasteiger partial charge in [-0.05, 0) is 69.2 Å². The molecule has 0 unspecified atom stereocenters. The summed E-state index contributed by atoms with van der Waals surface area (Å²) in [6.45, 7) is 3.22. The molecule has 0 spiro atoms. The number of aromatic amines is 1. The fraction of sp³-hybridized carbons (Fsp3) is 0.320. The van der Waals surface area contributed by atoms with Crippen molar-refractivity contribution in [2.24, 2.45) is 0 Å². The van der Waals surface area contributed by atoms with Crippen LogP contribution < -0.4 is 5.32 Å². The molecule has 4 nitrogen and oxygen atoms in total. The second-order valence-corrected chi connectivity index (χ2v) is 8.07. The van der Waals surface area contributed by atoms with Crippen LogP contribution in [0.2, 0.25) is 0 Å². The van der Waals surface area contributed by atoms with Gasteiger partial charge in [-0.25, -0.2) is 0 Å². The quantitative estimate of drug-likeness (QED) is 0.554. The second-order valence-electron chi connectivity index (χ2n) is 8.07. The van der Waals surface area contributed by atoms with Crippen LogP contribution >= 0.6 is 0 Å². The van der Waals surface area contributed by atoms with E-state index in [1.165, 1.54) is 16.5 Å². The molecule has 2 N–H and O–H groups in total. The average Bonchev–Trinajstić information content (AvgIpc) is 3.20. The lowest BCUT2D eigenvalue weighted by Gasteiger charge is -2.10. The zero-order chi connectivity index (χ0) is 20.4. The van der Waals surface area contributed by atoms with Crippen molar-refractivity contribution in [2.75, 3.05) is 26.0 Å². The number of nitrogens with one attached hydrogen (secondary N) is 2. The first-order chi connectivity index (χ1) is 14.1. The predicted octanol–water partition coefficient (Wildman–Crippen LogP) is 5.11. The number of hydrogen-bond acceptors (Lipinski definition) is 2. The lowest BCUT2D eigenvalue weighted by atomic mass is 9.95. The Balaban J connectivity index is 1.80. The highest BCUT2D eigenvalue weighted by Gasteiger charge is 2.27. The normalized spacial score (nSPS) is 14.8. The molecule has 2 heterocycles. The minimum Gasteiger partial charge on any atom is -0.355 e. The minimum atomic E-state index is -0.0125. The van der Waals surface area contributed by atoms with Crippen LogP contribution in [0.3, 0.4) is 0 Å². The van der Waals surface area contributed by atoms with Gasteiger partial charge in [0.1, 0.15) is 0 Å². The third-order valence-electron chi connectivity index (χ3n) is 5.60. The summed E-state index contributed by atoms with van der Waals surface area (Å²) in [6.07, 6.45) is 6.14. The van der Waals surface area contributed by atoms with Crippen molar-refractivity contribution in [3.8, 4) is 0 Å². The molecule has 4 rings (SSSR count). The summed E-state index contributed by atoms with van der Waals surface area (Å²) < 4.78 is 0. The molecule has 1 aliphatic heterocycles. The largest absolute Gasteiger partial charge is 0.355 e. The van der Waals surface area contributed by atoms with Gasteiger partial charge in [0.25, 0.3) is 5.91 Å². The third-order valence-corrected chi connectivity index (χ3v) is 5.60. The van der Waals surface area contributed by atoms with Crippen molar-refractivity contribution in [1.29, 1.82) is 0 Å². The highest BCUT2D eigenvalue weighted by atomic mass is 16.2. The Hall–Kier alpha value is -2.85. The van der Waals surface area contributed by atoms with Gasteiger partial charge in [0.15, 0.2) is 0 Å². The number of H-pyrrole nitrogens is 1. The Kier molecular flexibility index (Phi) is 5.54. The Morgan fingerprint density at radius 2 is 1.86 bits per heavy atom. The number of nitrogens with zero attached hydrogens (tertiary/aromatic N) is 1. The first-order valence-corrected chi connectivity index (χ1v) is 10.5. The van der Waals surface area contributed by atoms with Crippen molar-refractivity contribution >= 4 is 34.1 Å². The van der Waals surface area contributed by atoms with Gasteiger partial charge >= 0.3 is 0 Å². The van der Waals surface area contributed by atoms with Crippen molar-refractivity contribution in [1.82, 2.24) is 9.88 Å². The maximum Gasteiger partial charge on any atom is 0.256 e. The first kappa shape index (κ1) is 19.5. The van der Waals surface area contributed by atoms with E-state index in [9.17, 15) is 4.79 Å². The zero-order valence-electron chi connectivity index (χ0n) is 17.5. The first-order valence-electron chi connectivity index (χ1n) is 10.5. The summed E-state index contributed by atoms with van der Waals surface area (Å²) in [5.41, 5.74) is 7.47. The minimum absolute atomic E-state index is 0.0125. The number of aromatic nitrogens is 1. The van der Waals surface area contributed by atoms with Crippen molar-refractivity contribution < 1.29 is 4.79 Å². The van der Waals surface area contributed by atoms with E-state index < -0.39 is 0 Å². The van der Waals surface area contributed by atoms with Gasteiger partial charge in [-0.3, -0.25) is 4.79 Å². The van der Waals surface area contributed by atoms with Crippen LogP contribution in [0.4, 0.5) is 5.69 Å². The van der Waals surface area contributed by atoms with E-state index in [4.69, 9.17) is 0 Å². The van der Waals surface area contributed by atoms with Gasteiger partial charge < -0.3 is 15.2 Å². The van der Waals surface area contributed by atoms with Crippen LogP contribution in [0.5, 0.6) is 0 Å². The molecular formula is C25H29N3O. The predicted molar refractivity (Wildman–Crippen MR) is 122 cm³/mol. The number of para-hydroxylation sites is 1. The Labute approximate surface area is 172 Å². The summed E-state index contributed by atoms with van der Waals surface area (Å²) >= 11 is 0. The molecule has 0 atom stereocenters. The molecular weight excluding hydrogens is 358 g/mol. The molecule has 1 aromatic heterocycles. The summed E-state index contributed by atoms with van der Waals surface area (Å²) in [5.74, 6) is -0.0125. The molecule has 0 radical (unpaired) electrons. The number of rotatable bonds is 7. The Bertz CT molecular complexity index is 1070. The standard InChI is InChI=1S/C25H29N3O/c1-4-9-17-10-7-14-22-24(17)20(25(29)27-22)16-23-19(12-8-15-28(2)3)18-11-5-6-13-21(18)26-23/h5-7,10-11,13-14,16,26H,4,8-9,12,15H2,1-3H3,(H,27,29)/b20-16-. The fourth-order valence-corrected chi connectivity index (χ4v) is 4.27. The van der Waals surface area contributed by atoms with E-state index in [1.54, 1.807) is 0 Å². The Morgan fingerprint density at radius 3 is 2.66 bits per heavy atom. The number of amides is 1. The van der Waals surface area contributed by atoms with E-state index in [1.807, 2.05) is 12.1 Å². The summed E-state index contributed by atoms with van der Waals surface area (Å²) in [5, 5.41) is 4.30. The molecule has 2 aromatic carbocycles. The van der Waals surface area contributed by atoms with E-state index in [0.717, 1.165) is 60.3 Å². The van der Waals surface area contributed by atoms with E-state index in [2.05, 4.69) is 72.6 Å². The van der Waals surface area contributed by atoms with Gasteiger partial charge in [0.05, 0.1) is 5.57 Å². The molecule has 150 valence electrons. The van der Waals surface area contributed by atoms with Crippen LogP contribution in [0.15, 0.2) is 42.5 Å². The number of fused-ring (bicyclic) bond motifs is 2. The van der Waals surface area contributed by atoms with E-state index in [0.29, 0.717) is 0 Å². The van der Waals surface area contributed by atoms with Gasteiger partial charge in [0, 0.05) is 27.8 Å². The fourth-order valence-electron chi connectivity index (χ4n) is 4.27. The number of hydrogen-bond donors (Lipinski definition) is 2. The summed E-state index contributed by atoms with van der Waals surface area (Å²) in [6, 6.07) is 14.6. The number of anilines is 1. The third kappa shape index (κ3) is 3.85. The maximum atomic E-state index is 12.8. The molecule has 29 heavy (non-hydrogen) atoms. The SMILES string of the molecule is CCCc1cccc2c1/C(=C/c1[nH]c3ccccc3c1CCCN(C)C)C(=O)N2. The second kappa shape index (κ2) is 8.26. The monoisotopic (exact) mass is 387 g/mol. The molecule has 1 amide bonds. The van der Waals surface area contributed by atoms with Gasteiger partial charge in [-0.1, -0.05) is 43.7 Å². The van der Waals surface area contributed by atoms with Gasteiger partial charge in [0.2, 0.25) is 0 Å². The lowest BCUT2D eigenvalue weighted by Crippen LogP contribution is -2.13. The van der Waals surface area contributed by atoms with Crippen LogP contribution in [0.25, 0.3) is 22.6 Å². The van der Waals surface area contributed by atoms with E-state index >= 15 is 0 Å². The molecule has 0 saturated carbocycles. The highest BCUT2D eigenvalue weighted by molar-refractivity contribution is 6.35. The summed E-state index contributed by atoms with van der Waals surface area (Å²) in [7, 11) is 4.21. The van der Waals surface area contributed by atoms with Crippen LogP contribution in [-0.4, -0.2) is 36.4 Å². The molecule has 3 aromatic rings. The lowest BCUT2D eigenvalue weighted by molar-refractivity contribution is -0.110. The maximum absolute atomic E-state index is 12.8. The number of carbonyl (C=O) groups excluding carboxylic acids is 1. The molecule has 0 saturated heterocycles. The van der Waals surface area contributed by atoms with Crippen LogP contribution in [0, 0.1) is 0 Å². The highest BCUT2D eigenvalue weighted by Crippen LogP contribution is 2.37. The van der Waals surface area contributed by atoms with Crippen molar-refractivity contribution in [3.63, 3.8) is 0 Å². The molecule has 0 aliphatic carbocycles. The van der Waals surface area contributed by atoms with E-state index in [-0.39, 0.29) is 5.91 Å². The molecule has 1 aliphatic rings. The van der Waals surface area contributed by atoms with Gasteiger partial charge in [-0.15, -0.1) is 0 Å². The smallest absolute Gasteiger partial charge is 0.256 e. The van der Waals surface area contributed by atoms with Gasteiger partial charge in [-0.2, -0.15) is 0 Å². The average molecular weight is 388 g/mol. The number of carbonyl (C=O) groups is 1. The Morgan fingerprint density at radius 1 is 1.03 bits per heavy atom. The molecule has 0 bridgehead atoms. The molecule has 0 fully saturated rings. The van der Waals surface area contributed by atoms with Crippen molar-refractivity contribution in [3.05, 3.63) is 64.8 Å². The zero-order valence-corrected chi connectivity index (χ0v) is 17.5.